The Hall–Kier alpha value is -0.655. The summed E-state index contributed by atoms with van der Waals surface area (Å²) in [5.41, 5.74) is 2.79. The Bertz CT molecular complexity index is 401. The molecule has 0 saturated heterocycles. The van der Waals surface area contributed by atoms with Crippen molar-refractivity contribution in [2.75, 3.05) is 0 Å². The lowest BCUT2D eigenvalue weighted by atomic mass is 9.66. The monoisotopic (exact) mass is 221 g/mol. The average molecular weight is 221 g/mol. The lowest BCUT2D eigenvalue weighted by Crippen LogP contribution is -2.48. The molecule has 0 aromatic carbocycles. The zero-order valence-electron chi connectivity index (χ0n) is 11.7. The van der Waals surface area contributed by atoms with Crippen molar-refractivity contribution in [3.8, 4) is 0 Å². The fraction of sp³-hybridized carbons (Fsp3) is 0.615. The summed E-state index contributed by atoms with van der Waals surface area (Å²) >= 11 is 0. The van der Waals surface area contributed by atoms with E-state index in [1.165, 1.54) is 0 Å². The molecule has 0 fully saturated rings. The molecule has 84 valence electrons. The van der Waals surface area contributed by atoms with Gasteiger partial charge in [-0.2, -0.15) is 0 Å². The molecule has 0 unspecified atom stereocenters. The molecule has 17 heavy (non-hydrogen) atoms. The van der Waals surface area contributed by atoms with Crippen molar-refractivity contribution in [3.63, 3.8) is 0 Å². The molecule has 0 aliphatic rings. The Balaban J connectivity index is 3.63. The molecule has 4 heteroatoms. The largest absolute Gasteiger partial charge is 0.258 e. The van der Waals surface area contributed by atoms with Gasteiger partial charge >= 0.3 is 0 Å². The van der Waals surface area contributed by atoms with Crippen molar-refractivity contribution in [1.29, 1.82) is 0 Å². The second-order valence-electron chi connectivity index (χ2n) is 6.55. The second-order valence-corrected chi connectivity index (χ2v) is 6.55. The van der Waals surface area contributed by atoms with Crippen LogP contribution in [0.2, 0.25) is 0 Å². The summed E-state index contributed by atoms with van der Waals surface area (Å²) < 4.78 is 0. The maximum absolute atomic E-state index is 6.01. The van der Waals surface area contributed by atoms with Gasteiger partial charge in [0, 0.05) is 22.2 Å². The second kappa shape index (κ2) is 4.22. The summed E-state index contributed by atoms with van der Waals surface area (Å²) in [4.78, 5) is 4.65. The van der Waals surface area contributed by atoms with Crippen LogP contribution in [0.4, 0.5) is 0 Å². The summed E-state index contributed by atoms with van der Waals surface area (Å²) in [6.07, 6.45) is 0. The topological polar surface area (TPSA) is 12.9 Å². The molecule has 0 amide bonds. The summed E-state index contributed by atoms with van der Waals surface area (Å²) in [6, 6.07) is 0. The van der Waals surface area contributed by atoms with Crippen molar-refractivity contribution >= 4 is 39.9 Å². The van der Waals surface area contributed by atoms with E-state index >= 15 is 0 Å². The minimum atomic E-state index is -0.147. The normalized spacial score (nSPS) is 12.8. The maximum atomic E-state index is 6.01. The van der Waals surface area contributed by atoms with Crippen molar-refractivity contribution < 1.29 is 0 Å². The summed E-state index contributed by atoms with van der Waals surface area (Å²) in [5, 5.41) is 0. The van der Waals surface area contributed by atoms with E-state index < -0.39 is 0 Å². The summed E-state index contributed by atoms with van der Waals surface area (Å²) in [6.45, 7) is 12.4. The third-order valence-electron chi connectivity index (χ3n) is 2.74. The van der Waals surface area contributed by atoms with Crippen LogP contribution in [0.5, 0.6) is 0 Å². The minimum absolute atomic E-state index is 0.147. The predicted octanol–water partition coefficient (Wildman–Crippen LogP) is 0.0580. The van der Waals surface area contributed by atoms with Gasteiger partial charge < -0.3 is 0 Å². The van der Waals surface area contributed by atoms with Gasteiger partial charge in [0.2, 0.25) is 0 Å². The molecule has 0 aliphatic carbocycles. The molecule has 6 radical (unpaired) electrons. The smallest absolute Gasteiger partial charge is 0.115 e. The highest BCUT2D eigenvalue weighted by atomic mass is 14.8. The van der Waals surface area contributed by atoms with Crippen LogP contribution in [0.3, 0.4) is 0 Å². The van der Waals surface area contributed by atoms with E-state index in [1.54, 1.807) is 0 Å². The van der Waals surface area contributed by atoms with E-state index in [-0.39, 0.29) is 10.8 Å². The number of pyridine rings is 1. The van der Waals surface area contributed by atoms with Crippen LogP contribution in [-0.2, 0) is 10.8 Å². The van der Waals surface area contributed by atoms with Crippen LogP contribution < -0.4 is 16.4 Å². The Kier molecular flexibility index (Phi) is 3.58. The highest BCUT2D eigenvalue weighted by Crippen LogP contribution is 2.22. The predicted molar refractivity (Wildman–Crippen MR) is 77.8 cm³/mol. The van der Waals surface area contributed by atoms with Crippen molar-refractivity contribution in [2.45, 2.75) is 52.4 Å². The number of aromatic nitrogens is 1. The van der Waals surface area contributed by atoms with Gasteiger partial charge in [-0.05, 0) is 0 Å². The molecule has 0 bridgehead atoms. The van der Waals surface area contributed by atoms with E-state index in [0.29, 0.717) is 16.4 Å². The highest BCUT2D eigenvalue weighted by Gasteiger charge is 2.25. The van der Waals surface area contributed by atoms with Gasteiger partial charge in [0.1, 0.15) is 23.5 Å². The molecule has 1 aromatic rings. The number of nitrogens with zero attached hydrogens (tertiary/aromatic N) is 1. The van der Waals surface area contributed by atoms with Gasteiger partial charge in [-0.15, -0.1) is 5.46 Å². The van der Waals surface area contributed by atoms with Gasteiger partial charge in [-0.25, -0.2) is 0 Å². The first-order valence-corrected chi connectivity index (χ1v) is 5.81. The van der Waals surface area contributed by atoms with Crippen molar-refractivity contribution in [3.05, 3.63) is 11.4 Å². The molecule has 1 heterocycles. The number of rotatable bonds is 0. The van der Waals surface area contributed by atoms with Gasteiger partial charge in [0.05, 0.1) is 0 Å². The molecular weight excluding hydrogens is 203 g/mol. The fourth-order valence-electron chi connectivity index (χ4n) is 1.78. The van der Waals surface area contributed by atoms with Crippen LogP contribution in [0.1, 0.15) is 52.9 Å². The van der Waals surface area contributed by atoms with Crippen LogP contribution in [0.15, 0.2) is 0 Å². The van der Waals surface area contributed by atoms with E-state index in [0.717, 1.165) is 11.4 Å². The molecule has 0 aliphatic heterocycles. The zero-order chi connectivity index (χ0) is 13.6. The van der Waals surface area contributed by atoms with Crippen molar-refractivity contribution in [2.24, 2.45) is 0 Å². The fourth-order valence-corrected chi connectivity index (χ4v) is 1.78. The van der Waals surface area contributed by atoms with Gasteiger partial charge in [0.25, 0.3) is 0 Å². The van der Waals surface area contributed by atoms with E-state index in [4.69, 9.17) is 23.5 Å². The minimum Gasteiger partial charge on any atom is -0.258 e. The van der Waals surface area contributed by atoms with Crippen LogP contribution in [0, 0.1) is 0 Å². The quantitative estimate of drug-likeness (QED) is 0.564. The van der Waals surface area contributed by atoms with Crippen molar-refractivity contribution in [1.82, 2.24) is 4.98 Å². The first kappa shape index (κ1) is 14.4. The molecular formula is C13H18B3N. The summed E-state index contributed by atoms with van der Waals surface area (Å²) in [7, 11) is 18.0. The van der Waals surface area contributed by atoms with Gasteiger partial charge in [-0.1, -0.05) is 52.5 Å². The molecule has 1 rings (SSSR count). The van der Waals surface area contributed by atoms with Crippen LogP contribution in [0.25, 0.3) is 0 Å². The van der Waals surface area contributed by atoms with Crippen LogP contribution >= 0.6 is 0 Å². The standard InChI is InChI=1S/C13H18B3N/c1-12(2,3)10-8(15)7(14)9(16)11(17-10)13(4,5)6/h1-6H3. The average Bonchev–Trinajstić information content (AvgIpc) is 2.10. The maximum Gasteiger partial charge on any atom is 0.115 e. The third kappa shape index (κ3) is 2.78. The molecule has 0 spiro atoms. The molecule has 1 nitrogen and oxygen atoms in total. The van der Waals surface area contributed by atoms with E-state index in [1.807, 2.05) is 0 Å². The van der Waals surface area contributed by atoms with Gasteiger partial charge in [-0.3, -0.25) is 4.98 Å². The third-order valence-corrected chi connectivity index (χ3v) is 2.74. The Labute approximate surface area is 109 Å². The number of hydrogen-bond acceptors (Lipinski definition) is 1. The molecule has 1 aromatic heterocycles. The lowest BCUT2D eigenvalue weighted by molar-refractivity contribution is 0.538. The SMILES string of the molecule is [B]c1c(C(C)(C)C)nc(C(C)(C)C)c([B])c1[B]. The molecule has 0 atom stereocenters. The molecule has 0 saturated carbocycles. The first-order chi connectivity index (χ1) is 7.46. The lowest BCUT2D eigenvalue weighted by Gasteiger charge is -2.29. The highest BCUT2D eigenvalue weighted by molar-refractivity contribution is 6.57. The Morgan fingerprint density at radius 2 is 0.941 bits per heavy atom. The zero-order valence-corrected chi connectivity index (χ0v) is 11.7. The summed E-state index contributed by atoms with van der Waals surface area (Å²) in [5.74, 6) is 0. The van der Waals surface area contributed by atoms with Gasteiger partial charge in [0.15, 0.2) is 0 Å². The Morgan fingerprint density at radius 1 is 0.647 bits per heavy atom. The number of hydrogen-bond donors (Lipinski definition) is 0. The molecule has 0 N–H and O–H groups in total. The van der Waals surface area contributed by atoms with Crippen LogP contribution in [-0.4, -0.2) is 28.5 Å². The van der Waals surface area contributed by atoms with E-state index in [9.17, 15) is 0 Å². The Morgan fingerprint density at radius 3 is 1.18 bits per heavy atom. The van der Waals surface area contributed by atoms with E-state index in [2.05, 4.69) is 46.5 Å². The first-order valence-electron chi connectivity index (χ1n) is 5.81.